The summed E-state index contributed by atoms with van der Waals surface area (Å²) in [5.74, 6) is 1.21. The second kappa shape index (κ2) is 5.19. The van der Waals surface area contributed by atoms with Gasteiger partial charge in [0.15, 0.2) is 5.82 Å². The van der Waals surface area contributed by atoms with Crippen molar-refractivity contribution in [2.45, 2.75) is 32.3 Å². The molecular formula is C12H18N4O. The number of aromatic nitrogens is 2. The van der Waals surface area contributed by atoms with E-state index in [9.17, 15) is 5.11 Å². The van der Waals surface area contributed by atoms with Crippen LogP contribution in [-0.4, -0.2) is 27.9 Å². The normalized spacial score (nSPS) is 19.0. The smallest absolute Gasteiger partial charge is 0.155 e. The fourth-order valence-electron chi connectivity index (χ4n) is 2.31. The lowest BCUT2D eigenvalue weighted by molar-refractivity contribution is 0.181. The zero-order valence-corrected chi connectivity index (χ0v) is 10.1. The van der Waals surface area contributed by atoms with Gasteiger partial charge in [0.1, 0.15) is 6.10 Å². The third-order valence-corrected chi connectivity index (χ3v) is 3.30. The van der Waals surface area contributed by atoms with E-state index in [2.05, 4.69) is 16.1 Å². The lowest BCUT2D eigenvalue weighted by Crippen LogP contribution is -2.42. The van der Waals surface area contributed by atoms with Gasteiger partial charge in [0.05, 0.1) is 6.07 Å². The van der Waals surface area contributed by atoms with E-state index in [0.29, 0.717) is 18.2 Å². The van der Waals surface area contributed by atoms with E-state index in [0.717, 1.165) is 25.9 Å². The van der Waals surface area contributed by atoms with E-state index in [1.165, 1.54) is 0 Å². The Morgan fingerprint density at radius 1 is 1.59 bits per heavy atom. The summed E-state index contributed by atoms with van der Waals surface area (Å²) in [4.78, 5) is 4.17. The van der Waals surface area contributed by atoms with Gasteiger partial charge in [-0.05, 0) is 25.7 Å². The van der Waals surface area contributed by atoms with Gasteiger partial charge in [-0.3, -0.25) is 0 Å². The van der Waals surface area contributed by atoms with Crippen molar-refractivity contribution >= 4 is 0 Å². The molecule has 1 aliphatic rings. The minimum Gasteiger partial charge on any atom is -0.385 e. The number of nitriles is 1. The summed E-state index contributed by atoms with van der Waals surface area (Å²) >= 11 is 0. The van der Waals surface area contributed by atoms with Crippen LogP contribution >= 0.6 is 0 Å². The average Bonchev–Trinajstić information content (AvgIpc) is 2.79. The molecule has 0 aromatic carbocycles. The van der Waals surface area contributed by atoms with Gasteiger partial charge >= 0.3 is 0 Å². The van der Waals surface area contributed by atoms with Gasteiger partial charge < -0.3 is 10.1 Å². The number of hydrogen-bond acceptors (Lipinski definition) is 4. The maximum absolute atomic E-state index is 9.61. The Hall–Kier alpha value is -1.54. The van der Waals surface area contributed by atoms with Gasteiger partial charge in [0, 0.05) is 31.9 Å². The molecule has 1 aliphatic heterocycles. The molecule has 92 valence electrons. The van der Waals surface area contributed by atoms with Crippen LogP contribution < -0.4 is 5.01 Å². The summed E-state index contributed by atoms with van der Waals surface area (Å²) in [6.45, 7) is 3.56. The minimum atomic E-state index is -0.554. The van der Waals surface area contributed by atoms with Crippen molar-refractivity contribution in [2.24, 2.45) is 5.92 Å². The maximum Gasteiger partial charge on any atom is 0.155 e. The van der Waals surface area contributed by atoms with Crippen LogP contribution in [0.5, 0.6) is 0 Å². The highest BCUT2D eigenvalue weighted by Crippen LogP contribution is 2.20. The highest BCUT2D eigenvalue weighted by atomic mass is 16.3. The summed E-state index contributed by atoms with van der Waals surface area (Å²) < 4.78 is 1.94. The molecule has 2 heterocycles. The predicted octanol–water partition coefficient (Wildman–Crippen LogP) is 1.20. The summed E-state index contributed by atoms with van der Waals surface area (Å²) in [6, 6.07) is 2.24. The molecular weight excluding hydrogens is 216 g/mol. The Bertz CT molecular complexity index is 399. The first-order chi connectivity index (χ1) is 8.22. The fraction of sp³-hybridized carbons (Fsp3) is 0.667. The lowest BCUT2D eigenvalue weighted by atomic mass is 9.95. The van der Waals surface area contributed by atoms with Crippen LogP contribution in [0.1, 0.15) is 38.1 Å². The predicted molar refractivity (Wildman–Crippen MR) is 63.8 cm³/mol. The van der Waals surface area contributed by atoms with Crippen LogP contribution in [0.25, 0.3) is 0 Å². The Morgan fingerprint density at radius 3 is 2.88 bits per heavy atom. The quantitative estimate of drug-likeness (QED) is 0.853. The second-order valence-electron chi connectivity index (χ2n) is 4.57. The molecule has 1 aromatic rings. The lowest BCUT2D eigenvalue weighted by Gasteiger charge is -2.34. The molecule has 17 heavy (non-hydrogen) atoms. The van der Waals surface area contributed by atoms with Crippen LogP contribution in [0.4, 0.5) is 0 Å². The third kappa shape index (κ3) is 2.59. The van der Waals surface area contributed by atoms with Gasteiger partial charge in [0.25, 0.3) is 0 Å². The minimum absolute atomic E-state index is 0.523. The fourth-order valence-corrected chi connectivity index (χ4v) is 2.31. The van der Waals surface area contributed by atoms with Gasteiger partial charge in [-0.2, -0.15) is 5.26 Å². The van der Waals surface area contributed by atoms with E-state index < -0.39 is 6.10 Å². The molecule has 0 spiro atoms. The molecule has 1 saturated heterocycles. The Morgan fingerprint density at radius 2 is 2.29 bits per heavy atom. The van der Waals surface area contributed by atoms with Crippen molar-refractivity contribution in [2.75, 3.05) is 18.1 Å². The number of rotatable bonds is 3. The first-order valence-electron chi connectivity index (χ1n) is 6.06. The van der Waals surface area contributed by atoms with Crippen LogP contribution in [-0.2, 0) is 0 Å². The van der Waals surface area contributed by atoms with Gasteiger partial charge in [0.2, 0.25) is 0 Å². The van der Waals surface area contributed by atoms with E-state index in [4.69, 9.17) is 5.26 Å². The van der Waals surface area contributed by atoms with Crippen LogP contribution in [0, 0.1) is 17.2 Å². The SMILES string of the molecule is CC(O)c1nccn1N1CCC(CC#N)CC1. The zero-order valence-electron chi connectivity index (χ0n) is 10.1. The number of aliphatic hydroxyl groups excluding tert-OH is 1. The highest BCUT2D eigenvalue weighted by Gasteiger charge is 2.21. The molecule has 5 heteroatoms. The van der Waals surface area contributed by atoms with E-state index in [1.54, 1.807) is 13.1 Å². The number of piperidine rings is 1. The van der Waals surface area contributed by atoms with Gasteiger partial charge in [-0.15, -0.1) is 0 Å². The topological polar surface area (TPSA) is 65.1 Å². The van der Waals surface area contributed by atoms with Crippen LogP contribution in [0.3, 0.4) is 0 Å². The van der Waals surface area contributed by atoms with Crippen molar-refractivity contribution in [3.8, 4) is 6.07 Å². The highest BCUT2D eigenvalue weighted by molar-refractivity contribution is 5.03. The monoisotopic (exact) mass is 234 g/mol. The van der Waals surface area contributed by atoms with E-state index in [-0.39, 0.29) is 0 Å². The summed E-state index contributed by atoms with van der Waals surface area (Å²) in [5, 5.41) is 20.5. The van der Waals surface area contributed by atoms with Gasteiger partial charge in [-0.1, -0.05) is 0 Å². The molecule has 5 nitrogen and oxygen atoms in total. The van der Waals surface area contributed by atoms with E-state index in [1.807, 2.05) is 10.9 Å². The summed E-state index contributed by atoms with van der Waals surface area (Å²) in [5.41, 5.74) is 0. The van der Waals surface area contributed by atoms with Crippen molar-refractivity contribution in [1.82, 2.24) is 9.66 Å². The Kier molecular flexibility index (Phi) is 3.64. The molecule has 1 unspecified atom stereocenters. The molecule has 1 atom stereocenters. The van der Waals surface area contributed by atoms with Crippen molar-refractivity contribution in [3.05, 3.63) is 18.2 Å². The average molecular weight is 234 g/mol. The standard InChI is InChI=1S/C12H18N4O/c1-10(17)12-14-6-9-16(12)15-7-3-11(2-5-13)4-8-15/h6,9-11,17H,2-4,7-8H2,1H3. The first kappa shape index (κ1) is 11.9. The molecule has 1 N–H and O–H groups in total. The first-order valence-corrected chi connectivity index (χ1v) is 6.06. The zero-order chi connectivity index (χ0) is 12.3. The largest absolute Gasteiger partial charge is 0.385 e. The molecule has 1 aromatic heterocycles. The second-order valence-corrected chi connectivity index (χ2v) is 4.57. The Labute approximate surface area is 101 Å². The summed E-state index contributed by atoms with van der Waals surface area (Å²) in [6.07, 6.45) is 5.76. The Balaban J connectivity index is 2.01. The molecule has 0 aliphatic carbocycles. The van der Waals surface area contributed by atoms with E-state index >= 15 is 0 Å². The molecule has 2 rings (SSSR count). The van der Waals surface area contributed by atoms with Crippen LogP contribution in [0.15, 0.2) is 12.4 Å². The summed E-state index contributed by atoms with van der Waals surface area (Å²) in [7, 11) is 0. The molecule has 0 saturated carbocycles. The number of nitrogens with zero attached hydrogens (tertiary/aromatic N) is 4. The maximum atomic E-state index is 9.61. The molecule has 0 amide bonds. The molecule has 1 fully saturated rings. The van der Waals surface area contributed by atoms with Crippen molar-refractivity contribution in [1.29, 1.82) is 5.26 Å². The molecule has 0 radical (unpaired) electrons. The molecule has 0 bridgehead atoms. The van der Waals surface area contributed by atoms with Gasteiger partial charge in [-0.25, -0.2) is 9.66 Å². The van der Waals surface area contributed by atoms with Crippen molar-refractivity contribution in [3.63, 3.8) is 0 Å². The third-order valence-electron chi connectivity index (χ3n) is 3.30. The van der Waals surface area contributed by atoms with Crippen molar-refractivity contribution < 1.29 is 5.11 Å². The number of aliphatic hydroxyl groups is 1. The number of imidazole rings is 1. The van der Waals surface area contributed by atoms with Crippen LogP contribution in [0.2, 0.25) is 0 Å². The number of hydrogen-bond donors (Lipinski definition) is 1.